The van der Waals surface area contributed by atoms with E-state index < -0.39 is 0 Å². The molecule has 1 aromatic heterocycles. The molecule has 1 N–H and O–H groups in total. The third kappa shape index (κ3) is 7.01. The molecule has 0 amide bonds. The molecule has 178 valence electrons. The molecule has 0 aliphatic heterocycles. The zero-order valence-electron chi connectivity index (χ0n) is 19.7. The number of ether oxygens (including phenoxy) is 3. The van der Waals surface area contributed by atoms with E-state index >= 15 is 0 Å². The van der Waals surface area contributed by atoms with Gasteiger partial charge in [0.15, 0.2) is 17.5 Å². The fourth-order valence-corrected chi connectivity index (χ4v) is 3.33. The number of benzene rings is 2. The first-order valence-electron chi connectivity index (χ1n) is 10.4. The third-order valence-electron chi connectivity index (χ3n) is 5.17. The van der Waals surface area contributed by atoms with E-state index in [0.717, 1.165) is 47.6 Å². The molecule has 0 aliphatic rings. The van der Waals surface area contributed by atoms with E-state index in [1.165, 1.54) is 5.56 Å². The molecule has 2 aromatic carbocycles. The van der Waals surface area contributed by atoms with Gasteiger partial charge in [0, 0.05) is 26.8 Å². The normalized spacial score (nSPS) is 10.9. The van der Waals surface area contributed by atoms with Gasteiger partial charge >= 0.3 is 0 Å². The molecule has 8 nitrogen and oxygen atoms in total. The van der Waals surface area contributed by atoms with Gasteiger partial charge in [0.2, 0.25) is 0 Å². The zero-order valence-corrected chi connectivity index (χ0v) is 22.1. The number of halogens is 1. The highest BCUT2D eigenvalue weighted by Gasteiger charge is 2.10. The van der Waals surface area contributed by atoms with E-state index in [1.807, 2.05) is 60.4 Å². The van der Waals surface area contributed by atoms with Crippen LogP contribution in [0.25, 0.3) is 5.69 Å². The van der Waals surface area contributed by atoms with Crippen LogP contribution in [0.4, 0.5) is 0 Å². The quantitative estimate of drug-likeness (QED) is 0.242. The van der Waals surface area contributed by atoms with Gasteiger partial charge in [0.25, 0.3) is 0 Å². The first kappa shape index (κ1) is 26.3. The minimum absolute atomic E-state index is 0. The summed E-state index contributed by atoms with van der Waals surface area (Å²) in [5.74, 6) is 3.10. The van der Waals surface area contributed by atoms with E-state index in [2.05, 4.69) is 26.4 Å². The molecular weight excluding hydrogens is 533 g/mol. The molecule has 0 saturated carbocycles. The molecule has 0 unspecified atom stereocenters. The van der Waals surface area contributed by atoms with E-state index in [9.17, 15) is 0 Å². The van der Waals surface area contributed by atoms with Gasteiger partial charge in [0.1, 0.15) is 5.75 Å². The van der Waals surface area contributed by atoms with E-state index in [4.69, 9.17) is 14.2 Å². The summed E-state index contributed by atoms with van der Waals surface area (Å²) in [6.07, 6.45) is 2.80. The van der Waals surface area contributed by atoms with Crippen LogP contribution in [0.1, 0.15) is 11.3 Å². The Balaban J connectivity index is 0.00000385. The van der Waals surface area contributed by atoms with Crippen LogP contribution in [0.3, 0.4) is 0 Å². The Morgan fingerprint density at radius 3 is 2.36 bits per heavy atom. The molecule has 0 saturated heterocycles. The summed E-state index contributed by atoms with van der Waals surface area (Å²) in [6.45, 7) is 1.38. The maximum Gasteiger partial charge on any atom is 0.193 e. The van der Waals surface area contributed by atoms with Crippen molar-refractivity contribution in [2.45, 2.75) is 13.0 Å². The average Bonchev–Trinajstić information content (AvgIpc) is 3.32. The first-order valence-corrected chi connectivity index (χ1v) is 10.4. The number of hydrogen-bond acceptors (Lipinski definition) is 5. The third-order valence-corrected chi connectivity index (χ3v) is 5.17. The van der Waals surface area contributed by atoms with Crippen molar-refractivity contribution in [3.63, 3.8) is 0 Å². The smallest absolute Gasteiger partial charge is 0.193 e. The lowest BCUT2D eigenvalue weighted by atomic mass is 10.1. The van der Waals surface area contributed by atoms with Crippen molar-refractivity contribution in [2.75, 3.05) is 42.0 Å². The first-order chi connectivity index (χ1) is 15.6. The Morgan fingerprint density at radius 2 is 1.73 bits per heavy atom. The number of guanidine groups is 1. The Kier molecular flexibility index (Phi) is 10.3. The van der Waals surface area contributed by atoms with Crippen LogP contribution in [0.2, 0.25) is 0 Å². The van der Waals surface area contributed by atoms with Crippen LogP contribution in [-0.4, -0.2) is 62.6 Å². The molecule has 0 spiro atoms. The van der Waals surface area contributed by atoms with Gasteiger partial charge in [-0.2, -0.15) is 5.10 Å². The molecule has 33 heavy (non-hydrogen) atoms. The predicted molar refractivity (Wildman–Crippen MR) is 142 cm³/mol. The van der Waals surface area contributed by atoms with Crippen LogP contribution in [0.15, 0.2) is 59.7 Å². The molecule has 9 heteroatoms. The second kappa shape index (κ2) is 12.9. The van der Waals surface area contributed by atoms with Crippen molar-refractivity contribution in [1.29, 1.82) is 0 Å². The van der Waals surface area contributed by atoms with E-state index in [-0.39, 0.29) is 24.0 Å². The monoisotopic (exact) mass is 565 g/mol. The van der Waals surface area contributed by atoms with Gasteiger partial charge in [-0.3, -0.25) is 4.99 Å². The SMILES string of the molecule is CN=C(NCc1ccn(-c2ccc(OC)cc2)n1)N(C)CCc1ccc(OC)c(OC)c1.I. The lowest BCUT2D eigenvalue weighted by Gasteiger charge is -2.22. The van der Waals surface area contributed by atoms with Gasteiger partial charge in [-0.25, -0.2) is 4.68 Å². The second-order valence-corrected chi connectivity index (χ2v) is 7.21. The number of aliphatic imine (C=N–C) groups is 1. The van der Waals surface area contributed by atoms with Crippen molar-refractivity contribution < 1.29 is 14.2 Å². The summed E-state index contributed by atoms with van der Waals surface area (Å²) >= 11 is 0. The summed E-state index contributed by atoms with van der Waals surface area (Å²) in [7, 11) is 8.75. The average molecular weight is 565 g/mol. The predicted octanol–water partition coefficient (Wildman–Crippen LogP) is 3.77. The number of hydrogen-bond donors (Lipinski definition) is 1. The maximum absolute atomic E-state index is 5.40. The van der Waals surface area contributed by atoms with Crippen LogP contribution in [0, 0.1) is 0 Å². The molecular formula is C24H32IN5O3. The molecule has 0 radical (unpaired) electrons. The van der Waals surface area contributed by atoms with Crippen molar-refractivity contribution >= 4 is 29.9 Å². The molecule has 3 aromatic rings. The van der Waals surface area contributed by atoms with E-state index in [0.29, 0.717) is 6.54 Å². The lowest BCUT2D eigenvalue weighted by Crippen LogP contribution is -2.39. The number of nitrogens with zero attached hydrogens (tertiary/aromatic N) is 4. The molecule has 0 bridgehead atoms. The Hall–Kier alpha value is -2.95. The number of aromatic nitrogens is 2. The number of methoxy groups -OCH3 is 3. The Labute approximate surface area is 212 Å². The molecule has 3 rings (SSSR count). The van der Waals surface area contributed by atoms with Crippen LogP contribution in [0.5, 0.6) is 17.2 Å². The molecule has 0 atom stereocenters. The zero-order chi connectivity index (χ0) is 22.9. The van der Waals surface area contributed by atoms with Gasteiger partial charge in [-0.05, 0) is 54.4 Å². The van der Waals surface area contributed by atoms with Gasteiger partial charge in [0.05, 0.1) is 39.3 Å². The van der Waals surface area contributed by atoms with Crippen LogP contribution in [-0.2, 0) is 13.0 Å². The molecule has 0 fully saturated rings. The standard InChI is InChI=1S/C24H31N5O3.HI/c1-25-24(28(2)14-12-18-6-11-22(31-4)23(16-18)32-5)26-17-19-13-15-29(27-19)20-7-9-21(30-3)10-8-20;/h6-11,13,15-16H,12,14,17H2,1-5H3,(H,25,26);1H. The van der Waals surface area contributed by atoms with Crippen LogP contribution >= 0.6 is 24.0 Å². The fraction of sp³-hybridized carbons (Fsp3) is 0.333. The van der Waals surface area contributed by atoms with Gasteiger partial charge in [-0.1, -0.05) is 6.07 Å². The molecule has 0 aliphatic carbocycles. The highest BCUT2D eigenvalue weighted by Crippen LogP contribution is 2.27. The highest BCUT2D eigenvalue weighted by molar-refractivity contribution is 14.0. The number of likely N-dealkylation sites (N-methyl/N-ethyl adjacent to an activating group) is 1. The molecule has 1 heterocycles. The topological polar surface area (TPSA) is 73.1 Å². The Morgan fingerprint density at radius 1 is 1.00 bits per heavy atom. The van der Waals surface area contributed by atoms with Crippen molar-refractivity contribution in [1.82, 2.24) is 20.0 Å². The number of nitrogens with one attached hydrogen (secondary N) is 1. The lowest BCUT2D eigenvalue weighted by molar-refractivity contribution is 0.354. The summed E-state index contributed by atoms with van der Waals surface area (Å²) < 4.78 is 17.8. The minimum Gasteiger partial charge on any atom is -0.497 e. The number of rotatable bonds is 9. The van der Waals surface area contributed by atoms with E-state index in [1.54, 1.807) is 28.4 Å². The minimum atomic E-state index is 0. The van der Waals surface area contributed by atoms with Crippen LogP contribution < -0.4 is 19.5 Å². The van der Waals surface area contributed by atoms with Gasteiger partial charge in [-0.15, -0.1) is 24.0 Å². The maximum atomic E-state index is 5.40. The van der Waals surface area contributed by atoms with Crippen molar-refractivity contribution in [3.8, 4) is 22.9 Å². The summed E-state index contributed by atoms with van der Waals surface area (Å²) in [4.78, 5) is 6.49. The largest absolute Gasteiger partial charge is 0.497 e. The van der Waals surface area contributed by atoms with Crippen molar-refractivity contribution in [2.24, 2.45) is 4.99 Å². The summed E-state index contributed by atoms with van der Waals surface area (Å²) in [5.41, 5.74) is 3.08. The summed E-state index contributed by atoms with van der Waals surface area (Å²) in [5, 5.41) is 8.03. The fourth-order valence-electron chi connectivity index (χ4n) is 3.33. The highest BCUT2D eigenvalue weighted by atomic mass is 127. The Bertz CT molecular complexity index is 1040. The van der Waals surface area contributed by atoms with Gasteiger partial charge < -0.3 is 24.4 Å². The van der Waals surface area contributed by atoms with Crippen molar-refractivity contribution in [3.05, 3.63) is 66.0 Å². The second-order valence-electron chi connectivity index (χ2n) is 7.21. The summed E-state index contributed by atoms with van der Waals surface area (Å²) in [6, 6.07) is 15.8.